The highest BCUT2D eigenvalue weighted by Gasteiger charge is 2.33. The summed E-state index contributed by atoms with van der Waals surface area (Å²) in [4.78, 5) is 30.1. The molecule has 6 heteroatoms. The predicted molar refractivity (Wildman–Crippen MR) is 90.1 cm³/mol. The molecule has 24 heavy (non-hydrogen) atoms. The lowest BCUT2D eigenvalue weighted by atomic mass is 10.1. The summed E-state index contributed by atoms with van der Waals surface area (Å²) in [5.74, 6) is -0.206. The van der Waals surface area contributed by atoms with E-state index in [0.29, 0.717) is 32.6 Å². The second-order valence-corrected chi connectivity index (χ2v) is 6.07. The molecule has 126 valence electrons. The van der Waals surface area contributed by atoms with E-state index in [1.54, 1.807) is 17.4 Å². The molecule has 1 atom stereocenters. The van der Waals surface area contributed by atoms with Crippen LogP contribution in [0.15, 0.2) is 49.1 Å². The zero-order chi connectivity index (χ0) is 16.8. The highest BCUT2D eigenvalue weighted by Crippen LogP contribution is 2.18. The highest BCUT2D eigenvalue weighted by atomic mass is 16.2. The van der Waals surface area contributed by atoms with Gasteiger partial charge in [0.2, 0.25) is 11.8 Å². The van der Waals surface area contributed by atoms with Crippen LogP contribution in [0.4, 0.5) is 0 Å². The Kier molecular flexibility index (Phi) is 5.25. The first kappa shape index (κ1) is 16.2. The zero-order valence-electron chi connectivity index (χ0n) is 13.6. The van der Waals surface area contributed by atoms with E-state index < -0.39 is 0 Å². The van der Waals surface area contributed by atoms with Gasteiger partial charge in [-0.25, -0.2) is 4.98 Å². The Labute approximate surface area is 141 Å². The Morgan fingerprint density at radius 3 is 2.83 bits per heavy atom. The van der Waals surface area contributed by atoms with Gasteiger partial charge in [-0.2, -0.15) is 0 Å². The lowest BCUT2D eigenvalue weighted by Gasteiger charge is -2.16. The summed E-state index contributed by atoms with van der Waals surface area (Å²) in [7, 11) is 0. The fraction of sp³-hybridized carbons (Fsp3) is 0.389. The number of nitrogens with one attached hydrogen (secondary N) is 1. The van der Waals surface area contributed by atoms with Crippen molar-refractivity contribution in [2.45, 2.75) is 19.4 Å². The highest BCUT2D eigenvalue weighted by molar-refractivity contribution is 5.89. The van der Waals surface area contributed by atoms with E-state index in [0.717, 1.165) is 6.42 Å². The smallest absolute Gasteiger partial charge is 0.225 e. The second kappa shape index (κ2) is 7.77. The van der Waals surface area contributed by atoms with E-state index in [1.165, 1.54) is 5.56 Å². The molecular weight excluding hydrogens is 304 g/mol. The van der Waals surface area contributed by atoms with Gasteiger partial charge in [-0.1, -0.05) is 30.3 Å². The Bertz CT molecular complexity index is 670. The summed E-state index contributed by atoms with van der Waals surface area (Å²) in [6, 6.07) is 10.1. The second-order valence-electron chi connectivity index (χ2n) is 6.07. The van der Waals surface area contributed by atoms with Crippen LogP contribution in [-0.4, -0.2) is 45.9 Å². The van der Waals surface area contributed by atoms with E-state index in [2.05, 4.69) is 22.4 Å². The molecule has 1 aromatic carbocycles. The van der Waals surface area contributed by atoms with Gasteiger partial charge in [-0.05, 0) is 12.0 Å². The fourth-order valence-electron chi connectivity index (χ4n) is 2.94. The van der Waals surface area contributed by atoms with Gasteiger partial charge in [0.05, 0.1) is 12.2 Å². The molecule has 1 aliphatic heterocycles. The van der Waals surface area contributed by atoms with Crippen molar-refractivity contribution >= 4 is 11.8 Å². The van der Waals surface area contributed by atoms with E-state index in [9.17, 15) is 9.59 Å². The van der Waals surface area contributed by atoms with Crippen LogP contribution in [0, 0.1) is 5.92 Å². The van der Waals surface area contributed by atoms with Crippen LogP contribution in [0.5, 0.6) is 0 Å². The summed E-state index contributed by atoms with van der Waals surface area (Å²) < 4.78 is 1.91. The quantitative estimate of drug-likeness (QED) is 0.828. The van der Waals surface area contributed by atoms with Gasteiger partial charge in [-0.3, -0.25) is 9.59 Å². The third kappa shape index (κ3) is 4.22. The molecule has 1 aliphatic rings. The standard InChI is InChI=1S/C18H22N4O2/c23-17-12-16(18(24)20-8-11-21-10-7-19-14-21)13-22(17)9-6-15-4-2-1-3-5-15/h1-5,7,10,14,16H,6,8-9,11-13H2,(H,20,24)/t16-/m1/s1. The van der Waals surface area contributed by atoms with E-state index in [4.69, 9.17) is 0 Å². The normalized spacial score (nSPS) is 17.2. The van der Waals surface area contributed by atoms with Crippen LogP contribution < -0.4 is 5.32 Å². The summed E-state index contributed by atoms with van der Waals surface area (Å²) in [6.07, 6.45) is 6.42. The van der Waals surface area contributed by atoms with Gasteiger partial charge < -0.3 is 14.8 Å². The minimum atomic E-state index is -0.240. The lowest BCUT2D eigenvalue weighted by Crippen LogP contribution is -2.35. The summed E-state index contributed by atoms with van der Waals surface area (Å²) in [5.41, 5.74) is 1.21. The van der Waals surface area contributed by atoms with Crippen LogP contribution in [0.2, 0.25) is 0 Å². The molecule has 2 heterocycles. The Balaban J connectivity index is 1.42. The van der Waals surface area contributed by atoms with Gasteiger partial charge in [0, 0.05) is 45.0 Å². The van der Waals surface area contributed by atoms with Crippen molar-refractivity contribution in [3.8, 4) is 0 Å². The van der Waals surface area contributed by atoms with E-state index in [-0.39, 0.29) is 17.7 Å². The summed E-state index contributed by atoms with van der Waals surface area (Å²) in [6.45, 7) is 2.41. The maximum Gasteiger partial charge on any atom is 0.225 e. The van der Waals surface area contributed by atoms with Gasteiger partial charge in [0.1, 0.15) is 0 Å². The first-order valence-corrected chi connectivity index (χ1v) is 8.27. The van der Waals surface area contributed by atoms with Crippen molar-refractivity contribution in [2.75, 3.05) is 19.6 Å². The number of hydrogen-bond acceptors (Lipinski definition) is 3. The number of hydrogen-bond donors (Lipinski definition) is 1. The van der Waals surface area contributed by atoms with Crippen LogP contribution in [0.25, 0.3) is 0 Å². The number of benzene rings is 1. The molecule has 1 N–H and O–H groups in total. The number of amides is 2. The number of nitrogens with zero attached hydrogens (tertiary/aromatic N) is 3. The minimum Gasteiger partial charge on any atom is -0.354 e. The molecule has 1 aromatic heterocycles. The van der Waals surface area contributed by atoms with Gasteiger partial charge in [0.15, 0.2) is 0 Å². The zero-order valence-corrected chi connectivity index (χ0v) is 13.6. The van der Waals surface area contributed by atoms with Crippen molar-refractivity contribution in [3.05, 3.63) is 54.6 Å². The third-order valence-corrected chi connectivity index (χ3v) is 4.33. The average molecular weight is 326 g/mol. The Morgan fingerprint density at radius 2 is 2.08 bits per heavy atom. The predicted octanol–water partition coefficient (Wildman–Crippen LogP) is 1.09. The number of carbonyl (C=O) groups excluding carboxylic acids is 2. The van der Waals surface area contributed by atoms with Crippen molar-refractivity contribution < 1.29 is 9.59 Å². The largest absolute Gasteiger partial charge is 0.354 e. The van der Waals surface area contributed by atoms with Gasteiger partial charge in [0.25, 0.3) is 0 Å². The number of carbonyl (C=O) groups is 2. The topological polar surface area (TPSA) is 67.2 Å². The Morgan fingerprint density at radius 1 is 1.25 bits per heavy atom. The summed E-state index contributed by atoms with van der Waals surface area (Å²) >= 11 is 0. The van der Waals surface area contributed by atoms with Gasteiger partial charge in [-0.15, -0.1) is 0 Å². The molecule has 1 saturated heterocycles. The maximum atomic E-state index is 12.2. The molecule has 1 fully saturated rings. The van der Waals surface area contributed by atoms with Gasteiger partial charge >= 0.3 is 0 Å². The molecule has 0 saturated carbocycles. The summed E-state index contributed by atoms with van der Waals surface area (Å²) in [5, 5.41) is 2.91. The first-order valence-electron chi connectivity index (χ1n) is 8.27. The SMILES string of the molecule is O=C(NCCn1ccnc1)[C@@H]1CC(=O)N(CCc2ccccc2)C1. The molecular formula is C18H22N4O2. The Hall–Kier alpha value is -2.63. The van der Waals surface area contributed by atoms with Crippen molar-refractivity contribution in [1.29, 1.82) is 0 Å². The molecule has 0 unspecified atom stereocenters. The van der Waals surface area contributed by atoms with Crippen molar-refractivity contribution in [3.63, 3.8) is 0 Å². The minimum absolute atomic E-state index is 0.0364. The molecule has 2 aromatic rings. The van der Waals surface area contributed by atoms with Crippen LogP contribution >= 0.6 is 0 Å². The third-order valence-electron chi connectivity index (χ3n) is 4.33. The van der Waals surface area contributed by atoms with E-state index >= 15 is 0 Å². The molecule has 0 aliphatic carbocycles. The first-order chi connectivity index (χ1) is 11.7. The number of likely N-dealkylation sites (tertiary alicyclic amines) is 1. The van der Waals surface area contributed by atoms with Crippen LogP contribution in [0.3, 0.4) is 0 Å². The van der Waals surface area contributed by atoms with Crippen LogP contribution in [-0.2, 0) is 22.6 Å². The molecule has 0 spiro atoms. The molecule has 6 nitrogen and oxygen atoms in total. The number of imidazole rings is 1. The molecule has 0 bridgehead atoms. The molecule has 3 rings (SSSR count). The monoisotopic (exact) mass is 326 g/mol. The number of rotatable bonds is 7. The number of aromatic nitrogens is 2. The average Bonchev–Trinajstić information content (AvgIpc) is 3.24. The fourth-order valence-corrected chi connectivity index (χ4v) is 2.94. The lowest BCUT2D eigenvalue weighted by molar-refractivity contribution is -0.129. The van der Waals surface area contributed by atoms with Crippen molar-refractivity contribution in [2.24, 2.45) is 5.92 Å². The molecule has 0 radical (unpaired) electrons. The van der Waals surface area contributed by atoms with Crippen molar-refractivity contribution in [1.82, 2.24) is 19.8 Å². The van der Waals surface area contributed by atoms with E-state index in [1.807, 2.05) is 29.0 Å². The molecule has 2 amide bonds. The maximum absolute atomic E-state index is 12.2. The van der Waals surface area contributed by atoms with Crippen LogP contribution in [0.1, 0.15) is 12.0 Å².